The predicted molar refractivity (Wildman–Crippen MR) is 99.3 cm³/mol. The van der Waals surface area contributed by atoms with Crippen molar-refractivity contribution in [1.29, 1.82) is 0 Å². The minimum Gasteiger partial charge on any atom is -0.345 e. The fourth-order valence-electron chi connectivity index (χ4n) is 2.98. The number of allylic oxidation sites excluding steroid dienone is 2. The molecule has 6 heteroatoms. The molecule has 0 saturated heterocycles. The van der Waals surface area contributed by atoms with E-state index in [4.69, 9.17) is 0 Å². The van der Waals surface area contributed by atoms with Crippen LogP contribution < -0.4 is 0 Å². The van der Waals surface area contributed by atoms with Crippen molar-refractivity contribution in [3.05, 3.63) is 65.1 Å². The first-order valence-corrected chi connectivity index (χ1v) is 8.32. The van der Waals surface area contributed by atoms with Crippen molar-refractivity contribution < 1.29 is 14.0 Å². The maximum Gasteiger partial charge on any atom is 0.256 e. The Balaban J connectivity index is 2.10. The van der Waals surface area contributed by atoms with Gasteiger partial charge in [-0.3, -0.25) is 14.6 Å². The van der Waals surface area contributed by atoms with Gasteiger partial charge in [-0.05, 0) is 36.8 Å². The van der Waals surface area contributed by atoms with Crippen molar-refractivity contribution in [2.24, 2.45) is 4.99 Å². The molecule has 0 aliphatic carbocycles. The summed E-state index contributed by atoms with van der Waals surface area (Å²) in [5, 5.41) is 0. The van der Waals surface area contributed by atoms with E-state index in [-0.39, 0.29) is 17.4 Å². The van der Waals surface area contributed by atoms with Crippen molar-refractivity contribution in [1.82, 2.24) is 9.80 Å². The van der Waals surface area contributed by atoms with E-state index in [1.54, 1.807) is 32.6 Å². The number of nitrogens with zero attached hydrogens (tertiary/aromatic N) is 3. The fourth-order valence-corrected chi connectivity index (χ4v) is 2.98. The highest BCUT2D eigenvalue weighted by molar-refractivity contribution is 6.04. The molecule has 0 radical (unpaired) electrons. The average molecular weight is 353 g/mol. The van der Waals surface area contributed by atoms with Gasteiger partial charge in [-0.15, -0.1) is 0 Å². The first kappa shape index (κ1) is 17.8. The van der Waals surface area contributed by atoms with Crippen LogP contribution in [0.25, 0.3) is 5.57 Å². The van der Waals surface area contributed by atoms with Gasteiger partial charge in [0.15, 0.2) is 6.04 Å². The first-order chi connectivity index (χ1) is 12.4. The molecule has 1 aromatic carbocycles. The molecular weight excluding hydrogens is 333 g/mol. The van der Waals surface area contributed by atoms with Crippen LogP contribution in [0, 0.1) is 5.82 Å². The number of carbonyl (C=O) groups excluding carboxylic acids is 2. The first-order valence-electron chi connectivity index (χ1n) is 8.32. The molecule has 0 spiro atoms. The van der Waals surface area contributed by atoms with E-state index in [0.29, 0.717) is 23.3 Å². The minimum atomic E-state index is -0.659. The quantitative estimate of drug-likeness (QED) is 0.782. The zero-order chi connectivity index (χ0) is 18.8. The molecule has 3 rings (SSSR count). The Labute approximate surface area is 151 Å². The molecule has 2 aliphatic rings. The predicted octanol–water partition coefficient (Wildman–Crippen LogP) is 2.67. The Morgan fingerprint density at radius 3 is 2.85 bits per heavy atom. The zero-order valence-electron chi connectivity index (χ0n) is 14.9. The van der Waals surface area contributed by atoms with Crippen LogP contribution in [0.15, 0.2) is 53.2 Å². The number of hydrogen-bond acceptors (Lipinski definition) is 3. The van der Waals surface area contributed by atoms with Crippen LogP contribution in [0.2, 0.25) is 0 Å². The molecule has 134 valence electrons. The lowest BCUT2D eigenvalue weighted by molar-refractivity contribution is -0.128. The molecule has 2 amide bonds. The van der Waals surface area contributed by atoms with Crippen LogP contribution in [-0.4, -0.2) is 54.5 Å². The molecule has 2 heterocycles. The van der Waals surface area contributed by atoms with E-state index >= 15 is 0 Å². The van der Waals surface area contributed by atoms with Crippen LogP contribution >= 0.6 is 0 Å². The smallest absolute Gasteiger partial charge is 0.256 e. The van der Waals surface area contributed by atoms with Crippen LogP contribution in [0.1, 0.15) is 22.8 Å². The minimum absolute atomic E-state index is 0.146. The molecule has 26 heavy (non-hydrogen) atoms. The summed E-state index contributed by atoms with van der Waals surface area (Å²) in [5.74, 6) is -0.802. The lowest BCUT2D eigenvalue weighted by Gasteiger charge is -2.29. The van der Waals surface area contributed by atoms with Gasteiger partial charge >= 0.3 is 0 Å². The zero-order valence-corrected chi connectivity index (χ0v) is 14.9. The summed E-state index contributed by atoms with van der Waals surface area (Å²) >= 11 is 0. The third-order valence-electron chi connectivity index (χ3n) is 4.34. The standard InChI is InChI=1S/C20H20FN3O2/c1-4-5-10-24-12-16(14-8-9-22-18(14)20(24)26)15-11-13(6-7-17(15)21)19(25)23(2)3/h4-9,11-12,18H,10H2,1-3H3/b5-4+. The number of hydrogen-bond donors (Lipinski definition) is 0. The van der Waals surface area contributed by atoms with E-state index < -0.39 is 11.9 Å². The number of benzene rings is 1. The third-order valence-corrected chi connectivity index (χ3v) is 4.34. The van der Waals surface area contributed by atoms with Crippen molar-refractivity contribution in [3.8, 4) is 0 Å². The fraction of sp³-hybridized carbons (Fsp3) is 0.250. The highest BCUT2D eigenvalue weighted by Crippen LogP contribution is 2.36. The molecule has 1 unspecified atom stereocenters. The number of halogens is 1. The van der Waals surface area contributed by atoms with Gasteiger partial charge in [-0.25, -0.2) is 4.39 Å². The van der Waals surface area contributed by atoms with E-state index in [1.165, 1.54) is 28.0 Å². The Hall–Kier alpha value is -3.02. The maximum absolute atomic E-state index is 14.6. The summed E-state index contributed by atoms with van der Waals surface area (Å²) in [6.45, 7) is 2.25. The topological polar surface area (TPSA) is 53.0 Å². The lowest BCUT2D eigenvalue weighted by atomic mass is 9.89. The highest BCUT2D eigenvalue weighted by atomic mass is 19.1. The van der Waals surface area contributed by atoms with Crippen LogP contribution in [0.5, 0.6) is 0 Å². The molecule has 0 aromatic heterocycles. The largest absolute Gasteiger partial charge is 0.345 e. The number of carbonyl (C=O) groups is 2. The van der Waals surface area contributed by atoms with Gasteiger partial charge < -0.3 is 9.80 Å². The molecule has 5 nitrogen and oxygen atoms in total. The van der Waals surface area contributed by atoms with Gasteiger partial charge in [-0.1, -0.05) is 12.2 Å². The van der Waals surface area contributed by atoms with Crippen LogP contribution in [-0.2, 0) is 4.79 Å². The summed E-state index contributed by atoms with van der Waals surface area (Å²) in [6, 6.07) is 3.62. The molecule has 0 saturated carbocycles. The van der Waals surface area contributed by atoms with E-state index in [9.17, 15) is 14.0 Å². The number of rotatable bonds is 4. The van der Waals surface area contributed by atoms with Crippen molar-refractivity contribution in [3.63, 3.8) is 0 Å². The van der Waals surface area contributed by atoms with E-state index in [1.807, 2.05) is 19.1 Å². The summed E-state index contributed by atoms with van der Waals surface area (Å²) in [4.78, 5) is 32.0. The second-order valence-electron chi connectivity index (χ2n) is 6.32. The van der Waals surface area contributed by atoms with Crippen LogP contribution in [0.3, 0.4) is 0 Å². The summed E-state index contributed by atoms with van der Waals surface area (Å²) < 4.78 is 14.6. The summed E-state index contributed by atoms with van der Waals surface area (Å²) in [5.41, 5.74) is 1.90. The van der Waals surface area contributed by atoms with E-state index in [0.717, 1.165) is 0 Å². The molecule has 0 bridgehead atoms. The van der Waals surface area contributed by atoms with Gasteiger partial charge in [0.05, 0.1) is 0 Å². The van der Waals surface area contributed by atoms with Crippen molar-refractivity contribution >= 4 is 23.6 Å². The second kappa shape index (κ2) is 7.07. The summed E-state index contributed by atoms with van der Waals surface area (Å²) in [6.07, 6.45) is 8.63. The Bertz CT molecular complexity index is 881. The van der Waals surface area contributed by atoms with Crippen molar-refractivity contribution in [2.45, 2.75) is 13.0 Å². The average Bonchev–Trinajstić information content (AvgIpc) is 3.11. The Morgan fingerprint density at radius 2 is 2.15 bits per heavy atom. The van der Waals surface area contributed by atoms with Crippen molar-refractivity contribution in [2.75, 3.05) is 20.6 Å². The lowest BCUT2D eigenvalue weighted by Crippen LogP contribution is -2.39. The Kier molecular flexibility index (Phi) is 4.84. The van der Waals surface area contributed by atoms with Crippen LogP contribution in [0.4, 0.5) is 4.39 Å². The normalized spacial score (nSPS) is 18.8. The van der Waals surface area contributed by atoms with Gasteiger partial charge in [-0.2, -0.15) is 0 Å². The molecule has 1 aromatic rings. The van der Waals surface area contributed by atoms with Gasteiger partial charge in [0.1, 0.15) is 5.82 Å². The molecule has 2 aliphatic heterocycles. The monoisotopic (exact) mass is 353 g/mol. The SMILES string of the molecule is C/C=C/CN1C=C(c2cc(C(=O)N(C)C)ccc2F)C2=CC=NC2C1=O. The van der Waals surface area contributed by atoms with Gasteiger partial charge in [0.2, 0.25) is 0 Å². The number of aliphatic imine (C=N–C) groups is 1. The Morgan fingerprint density at radius 1 is 1.38 bits per heavy atom. The van der Waals surface area contributed by atoms with E-state index in [2.05, 4.69) is 4.99 Å². The van der Waals surface area contributed by atoms with Gasteiger partial charge in [0, 0.05) is 49.8 Å². The number of amides is 2. The number of fused-ring (bicyclic) bond motifs is 1. The second-order valence-corrected chi connectivity index (χ2v) is 6.32. The molecule has 0 fully saturated rings. The summed E-state index contributed by atoms with van der Waals surface area (Å²) in [7, 11) is 3.29. The third kappa shape index (κ3) is 3.10. The maximum atomic E-state index is 14.6. The highest BCUT2D eigenvalue weighted by Gasteiger charge is 2.35. The van der Waals surface area contributed by atoms with Gasteiger partial charge in [0.25, 0.3) is 11.8 Å². The molecule has 1 atom stereocenters. The molecular formula is C20H20FN3O2. The molecule has 0 N–H and O–H groups in total.